The van der Waals surface area contributed by atoms with Crippen LogP contribution in [-0.4, -0.2) is 32.5 Å². The summed E-state index contributed by atoms with van der Waals surface area (Å²) in [6.45, 7) is 4.08. The Morgan fingerprint density at radius 3 is 3.04 bits per heavy atom. The Morgan fingerprint density at radius 1 is 1.48 bits per heavy atom. The average Bonchev–Trinajstić information content (AvgIpc) is 3.14. The highest BCUT2D eigenvalue weighted by atomic mass is 35.5. The lowest BCUT2D eigenvalue weighted by atomic mass is 10.3. The van der Waals surface area contributed by atoms with Crippen LogP contribution in [0.4, 0.5) is 5.69 Å². The van der Waals surface area contributed by atoms with Gasteiger partial charge in [0.15, 0.2) is 5.17 Å². The van der Waals surface area contributed by atoms with E-state index in [4.69, 9.17) is 11.6 Å². The molecule has 1 saturated heterocycles. The van der Waals surface area contributed by atoms with Gasteiger partial charge in [-0.2, -0.15) is 0 Å². The van der Waals surface area contributed by atoms with Crippen LogP contribution in [0.5, 0.6) is 0 Å². The maximum Gasteiger partial charge on any atom is 0.267 e. The van der Waals surface area contributed by atoms with Gasteiger partial charge in [0, 0.05) is 30.8 Å². The van der Waals surface area contributed by atoms with E-state index in [1.54, 1.807) is 29.3 Å². The fourth-order valence-corrected chi connectivity index (χ4v) is 3.17. The molecule has 1 aliphatic heterocycles. The first kappa shape index (κ1) is 15.6. The van der Waals surface area contributed by atoms with E-state index in [9.17, 15) is 4.79 Å². The molecule has 3 rings (SSSR count). The third-order valence-electron chi connectivity index (χ3n) is 3.08. The maximum absolute atomic E-state index is 12.6. The van der Waals surface area contributed by atoms with Crippen molar-refractivity contribution in [1.82, 2.24) is 14.9 Å². The van der Waals surface area contributed by atoms with E-state index < -0.39 is 0 Å². The molecule has 0 atom stereocenters. The molecule has 2 aromatic rings. The number of rotatable bonds is 4. The van der Waals surface area contributed by atoms with Crippen molar-refractivity contribution in [2.45, 2.75) is 0 Å². The number of nitrogens with zero attached hydrogens (tertiary/aromatic N) is 3. The van der Waals surface area contributed by atoms with E-state index in [2.05, 4.69) is 21.5 Å². The molecule has 0 bridgehead atoms. The maximum atomic E-state index is 12.6. The molecule has 0 spiro atoms. The second-order valence-electron chi connectivity index (χ2n) is 4.66. The van der Waals surface area contributed by atoms with Crippen LogP contribution in [0.25, 0.3) is 6.08 Å². The van der Waals surface area contributed by atoms with Crippen molar-refractivity contribution in [1.29, 1.82) is 0 Å². The number of thioether (sulfide) groups is 1. The van der Waals surface area contributed by atoms with Crippen molar-refractivity contribution in [3.63, 3.8) is 0 Å². The normalized spacial score (nSPS) is 18.1. The van der Waals surface area contributed by atoms with Crippen molar-refractivity contribution in [3.05, 3.63) is 65.1 Å². The van der Waals surface area contributed by atoms with Gasteiger partial charge in [-0.05, 0) is 36.0 Å². The molecule has 7 heteroatoms. The van der Waals surface area contributed by atoms with Gasteiger partial charge in [0.05, 0.1) is 15.6 Å². The molecule has 116 valence electrons. The fourth-order valence-electron chi connectivity index (χ4n) is 2.02. The molecule has 1 amide bonds. The van der Waals surface area contributed by atoms with Gasteiger partial charge in [0.1, 0.15) is 0 Å². The summed E-state index contributed by atoms with van der Waals surface area (Å²) >= 11 is 7.40. The summed E-state index contributed by atoms with van der Waals surface area (Å²) in [5, 5.41) is 1.01. The topological polar surface area (TPSA) is 61.4 Å². The first-order valence-corrected chi connectivity index (χ1v) is 8.02. The summed E-state index contributed by atoms with van der Waals surface area (Å²) in [5.74, 6) is -0.103. The largest absolute Gasteiger partial charge is 0.362 e. The van der Waals surface area contributed by atoms with Gasteiger partial charge in [-0.1, -0.05) is 17.7 Å². The molecule has 0 aromatic carbocycles. The molecule has 5 nitrogen and oxygen atoms in total. The summed E-state index contributed by atoms with van der Waals surface area (Å²) in [6.07, 6.45) is 8.42. The summed E-state index contributed by atoms with van der Waals surface area (Å²) in [6, 6.07) is 5.48. The summed E-state index contributed by atoms with van der Waals surface area (Å²) < 4.78 is 0. The van der Waals surface area contributed by atoms with E-state index in [0.29, 0.717) is 27.3 Å². The third-order valence-corrected chi connectivity index (χ3v) is 4.37. The minimum atomic E-state index is -0.103. The minimum Gasteiger partial charge on any atom is -0.362 e. The van der Waals surface area contributed by atoms with Crippen LogP contribution in [0.15, 0.2) is 59.3 Å². The van der Waals surface area contributed by atoms with Crippen LogP contribution in [0.2, 0.25) is 5.02 Å². The standard InChI is InChI=1S/C16H13ClN4OS/c1-2-8-21-15(22)14(9-11-4-3-6-19-11)23-16(21)20-13-5-7-18-10-12(13)17/h2-7,9-10,19H,1,8H2/b14-9+,20-16?. The number of amidine groups is 1. The number of carbonyl (C=O) groups is 1. The summed E-state index contributed by atoms with van der Waals surface area (Å²) in [4.78, 5) is 26.2. The highest BCUT2D eigenvalue weighted by Gasteiger charge is 2.32. The molecule has 2 aromatic heterocycles. The average molecular weight is 345 g/mol. The van der Waals surface area contributed by atoms with Crippen molar-refractivity contribution in [3.8, 4) is 0 Å². The van der Waals surface area contributed by atoms with Crippen LogP contribution in [0.1, 0.15) is 5.69 Å². The number of hydrogen-bond donors (Lipinski definition) is 1. The molecular formula is C16H13ClN4OS. The molecule has 0 saturated carbocycles. The number of halogens is 1. The first-order chi connectivity index (χ1) is 11.2. The Morgan fingerprint density at radius 2 is 2.35 bits per heavy atom. The molecule has 3 heterocycles. The Bertz CT molecular complexity index is 798. The molecule has 1 N–H and O–H groups in total. The number of pyridine rings is 1. The summed E-state index contributed by atoms with van der Waals surface area (Å²) in [5.41, 5.74) is 1.44. The Kier molecular flexibility index (Phi) is 4.64. The molecule has 0 aliphatic carbocycles. The van der Waals surface area contributed by atoms with Crippen molar-refractivity contribution >= 4 is 46.2 Å². The van der Waals surface area contributed by atoms with Gasteiger partial charge in [0.25, 0.3) is 5.91 Å². The molecule has 1 aliphatic rings. The fraction of sp³-hybridized carbons (Fsp3) is 0.0625. The van der Waals surface area contributed by atoms with Gasteiger partial charge >= 0.3 is 0 Å². The van der Waals surface area contributed by atoms with E-state index in [1.807, 2.05) is 18.3 Å². The van der Waals surface area contributed by atoms with Crippen molar-refractivity contribution in [2.75, 3.05) is 6.54 Å². The van der Waals surface area contributed by atoms with Crippen molar-refractivity contribution < 1.29 is 4.79 Å². The van der Waals surface area contributed by atoms with E-state index in [-0.39, 0.29) is 5.91 Å². The zero-order chi connectivity index (χ0) is 16.2. The number of hydrogen-bond acceptors (Lipinski definition) is 4. The van der Waals surface area contributed by atoms with Gasteiger partial charge in [-0.3, -0.25) is 14.7 Å². The highest BCUT2D eigenvalue weighted by molar-refractivity contribution is 8.18. The quantitative estimate of drug-likeness (QED) is 0.676. The minimum absolute atomic E-state index is 0.103. The molecule has 1 fully saturated rings. The van der Waals surface area contributed by atoms with Crippen LogP contribution < -0.4 is 0 Å². The third kappa shape index (κ3) is 3.38. The predicted molar refractivity (Wildman–Crippen MR) is 94.6 cm³/mol. The number of aromatic nitrogens is 2. The second kappa shape index (κ2) is 6.85. The SMILES string of the molecule is C=CCN1C(=O)/C(=C\c2ccc[nH]2)SC1=Nc1ccncc1Cl. The number of carbonyl (C=O) groups excluding carboxylic acids is 1. The lowest BCUT2D eigenvalue weighted by Crippen LogP contribution is -2.29. The van der Waals surface area contributed by atoms with E-state index >= 15 is 0 Å². The number of aliphatic imine (C=N–C) groups is 1. The van der Waals surface area contributed by atoms with Crippen molar-refractivity contribution in [2.24, 2.45) is 4.99 Å². The van der Waals surface area contributed by atoms with Gasteiger partial charge in [-0.15, -0.1) is 6.58 Å². The van der Waals surface area contributed by atoms with E-state index in [1.165, 1.54) is 18.0 Å². The van der Waals surface area contributed by atoms with Crippen LogP contribution in [-0.2, 0) is 4.79 Å². The molecule has 0 unspecified atom stereocenters. The monoisotopic (exact) mass is 344 g/mol. The zero-order valence-electron chi connectivity index (χ0n) is 12.1. The number of aromatic amines is 1. The lowest BCUT2D eigenvalue weighted by molar-refractivity contribution is -0.121. The Balaban J connectivity index is 1.97. The van der Waals surface area contributed by atoms with Gasteiger partial charge in [0.2, 0.25) is 0 Å². The Hall–Kier alpha value is -2.31. The van der Waals surface area contributed by atoms with E-state index in [0.717, 1.165) is 5.69 Å². The highest BCUT2D eigenvalue weighted by Crippen LogP contribution is 2.35. The van der Waals surface area contributed by atoms with Gasteiger partial charge in [-0.25, -0.2) is 4.99 Å². The Labute approximate surface area is 142 Å². The number of amides is 1. The lowest BCUT2D eigenvalue weighted by Gasteiger charge is -2.12. The first-order valence-electron chi connectivity index (χ1n) is 6.83. The smallest absolute Gasteiger partial charge is 0.267 e. The van der Waals surface area contributed by atoms with Gasteiger partial charge < -0.3 is 4.98 Å². The molecular weight excluding hydrogens is 332 g/mol. The molecule has 23 heavy (non-hydrogen) atoms. The van der Waals surface area contributed by atoms with Crippen LogP contribution in [0, 0.1) is 0 Å². The zero-order valence-corrected chi connectivity index (χ0v) is 13.6. The second-order valence-corrected chi connectivity index (χ2v) is 6.08. The predicted octanol–water partition coefficient (Wildman–Crippen LogP) is 3.85. The summed E-state index contributed by atoms with van der Waals surface area (Å²) in [7, 11) is 0. The van der Waals surface area contributed by atoms with Crippen LogP contribution in [0.3, 0.4) is 0 Å². The number of H-pyrrole nitrogens is 1. The van der Waals surface area contributed by atoms with Crippen LogP contribution >= 0.6 is 23.4 Å². The molecule has 0 radical (unpaired) electrons. The number of nitrogens with one attached hydrogen (secondary N) is 1.